The molecule has 4 heteroatoms. The molecule has 0 fully saturated rings. The van der Waals surface area contributed by atoms with Gasteiger partial charge in [-0.2, -0.15) is 17.0 Å². The Balaban J connectivity index is 2.61. The van der Waals surface area contributed by atoms with E-state index < -0.39 is 0 Å². The zero-order chi connectivity index (χ0) is 12.7. The molecule has 0 saturated heterocycles. The van der Waals surface area contributed by atoms with Crippen LogP contribution in [-0.2, 0) is 0 Å². The quantitative estimate of drug-likeness (QED) is 0.727. The van der Waals surface area contributed by atoms with E-state index in [2.05, 4.69) is 29.8 Å². The number of anilines is 1. The molecule has 3 nitrogen and oxygen atoms in total. The molecule has 0 aliphatic heterocycles. The minimum absolute atomic E-state index is 0.440. The number of nitriles is 1. The van der Waals surface area contributed by atoms with Gasteiger partial charge >= 0.3 is 0 Å². The normalized spacial score (nSPS) is 11.9. The first-order valence-corrected chi connectivity index (χ1v) is 7.01. The lowest BCUT2D eigenvalue weighted by Gasteiger charge is -2.25. The van der Waals surface area contributed by atoms with Gasteiger partial charge in [-0.15, -0.1) is 0 Å². The van der Waals surface area contributed by atoms with Crippen molar-refractivity contribution in [3.05, 3.63) is 23.9 Å². The van der Waals surface area contributed by atoms with Gasteiger partial charge in [0.15, 0.2) is 0 Å². The van der Waals surface area contributed by atoms with Gasteiger partial charge in [0.05, 0.1) is 11.6 Å². The van der Waals surface area contributed by atoms with E-state index in [4.69, 9.17) is 5.26 Å². The molecule has 1 aromatic heterocycles. The molecule has 1 heterocycles. The van der Waals surface area contributed by atoms with Crippen molar-refractivity contribution in [2.75, 3.05) is 23.5 Å². The minimum atomic E-state index is 0.440. The average molecular weight is 249 g/mol. The topological polar surface area (TPSA) is 39.9 Å². The third-order valence-electron chi connectivity index (χ3n) is 2.78. The number of nitrogens with zero attached hydrogens (tertiary/aromatic N) is 3. The van der Waals surface area contributed by atoms with Gasteiger partial charge in [-0.25, -0.2) is 4.98 Å². The molecule has 0 N–H and O–H groups in total. The maximum Gasteiger partial charge on any atom is 0.129 e. The van der Waals surface area contributed by atoms with Gasteiger partial charge in [-0.3, -0.25) is 0 Å². The SMILES string of the molecule is CCSCC[C@@H](C)N(C)c1cc(C#N)ccn1. The molecule has 0 unspecified atom stereocenters. The first-order valence-electron chi connectivity index (χ1n) is 5.85. The van der Waals surface area contributed by atoms with Crippen LogP contribution >= 0.6 is 11.8 Å². The van der Waals surface area contributed by atoms with Crippen LogP contribution in [0.1, 0.15) is 25.8 Å². The molecular weight excluding hydrogens is 230 g/mol. The largest absolute Gasteiger partial charge is 0.357 e. The zero-order valence-corrected chi connectivity index (χ0v) is 11.5. The fourth-order valence-electron chi connectivity index (χ4n) is 1.50. The summed E-state index contributed by atoms with van der Waals surface area (Å²) in [6.07, 6.45) is 2.82. The average Bonchev–Trinajstić information content (AvgIpc) is 2.38. The number of pyridine rings is 1. The second kappa shape index (κ2) is 7.18. The lowest BCUT2D eigenvalue weighted by atomic mass is 10.2. The van der Waals surface area contributed by atoms with Crippen molar-refractivity contribution >= 4 is 17.6 Å². The van der Waals surface area contributed by atoms with Crippen molar-refractivity contribution in [2.24, 2.45) is 0 Å². The maximum atomic E-state index is 8.86. The molecule has 0 aliphatic rings. The van der Waals surface area contributed by atoms with Gasteiger partial charge in [-0.05, 0) is 37.0 Å². The Kier molecular flexibility index (Phi) is 5.85. The number of hydrogen-bond acceptors (Lipinski definition) is 4. The Morgan fingerprint density at radius 2 is 2.35 bits per heavy atom. The lowest BCUT2D eigenvalue weighted by molar-refractivity contribution is 0.662. The molecule has 0 saturated carbocycles. The Labute approximate surface area is 108 Å². The molecule has 1 aromatic rings. The molecule has 17 heavy (non-hydrogen) atoms. The second-order valence-corrected chi connectivity index (χ2v) is 5.35. The molecule has 0 aliphatic carbocycles. The summed E-state index contributed by atoms with van der Waals surface area (Å²) in [7, 11) is 2.03. The molecule has 0 radical (unpaired) electrons. The fraction of sp³-hybridized carbons (Fsp3) is 0.538. The van der Waals surface area contributed by atoms with Crippen molar-refractivity contribution in [1.29, 1.82) is 5.26 Å². The third-order valence-corrected chi connectivity index (χ3v) is 3.71. The van der Waals surface area contributed by atoms with Crippen molar-refractivity contribution in [2.45, 2.75) is 26.3 Å². The number of aromatic nitrogens is 1. The molecule has 92 valence electrons. The summed E-state index contributed by atoms with van der Waals surface area (Å²) in [5, 5.41) is 8.86. The summed E-state index contributed by atoms with van der Waals surface area (Å²) < 4.78 is 0. The van der Waals surface area contributed by atoms with Crippen LogP contribution in [0, 0.1) is 11.3 Å². The summed E-state index contributed by atoms with van der Waals surface area (Å²) in [4.78, 5) is 6.44. The summed E-state index contributed by atoms with van der Waals surface area (Å²) in [5.41, 5.74) is 0.664. The van der Waals surface area contributed by atoms with E-state index in [1.165, 1.54) is 11.5 Å². The van der Waals surface area contributed by atoms with Crippen LogP contribution in [-0.4, -0.2) is 29.6 Å². The van der Waals surface area contributed by atoms with Crippen LogP contribution in [0.4, 0.5) is 5.82 Å². The highest BCUT2D eigenvalue weighted by molar-refractivity contribution is 7.99. The van der Waals surface area contributed by atoms with E-state index in [-0.39, 0.29) is 0 Å². The second-order valence-electron chi connectivity index (χ2n) is 3.96. The molecular formula is C13H19N3S. The van der Waals surface area contributed by atoms with Crippen molar-refractivity contribution in [1.82, 2.24) is 4.98 Å². The lowest BCUT2D eigenvalue weighted by Crippen LogP contribution is -2.30. The first kappa shape index (κ1) is 13.9. The Bertz CT molecular complexity index is 386. The van der Waals surface area contributed by atoms with E-state index >= 15 is 0 Å². The predicted molar refractivity (Wildman–Crippen MR) is 74.4 cm³/mol. The Morgan fingerprint density at radius 3 is 3.00 bits per heavy atom. The van der Waals surface area contributed by atoms with Crippen molar-refractivity contribution in [3.63, 3.8) is 0 Å². The molecule has 0 bridgehead atoms. The van der Waals surface area contributed by atoms with Gasteiger partial charge in [0.2, 0.25) is 0 Å². The maximum absolute atomic E-state index is 8.86. The van der Waals surface area contributed by atoms with Crippen LogP contribution < -0.4 is 4.90 Å². The standard InChI is InChI=1S/C13H19N3S/c1-4-17-8-6-11(2)16(3)13-9-12(10-14)5-7-15-13/h5,7,9,11H,4,6,8H2,1-3H3/t11-/m1/s1. The Morgan fingerprint density at radius 1 is 1.59 bits per heavy atom. The number of hydrogen-bond donors (Lipinski definition) is 0. The van der Waals surface area contributed by atoms with Crippen LogP contribution in [0.2, 0.25) is 0 Å². The van der Waals surface area contributed by atoms with Crippen LogP contribution in [0.3, 0.4) is 0 Å². The van der Waals surface area contributed by atoms with Gasteiger partial charge in [0, 0.05) is 19.3 Å². The van der Waals surface area contributed by atoms with Crippen LogP contribution in [0.5, 0.6) is 0 Å². The fourth-order valence-corrected chi connectivity index (χ4v) is 2.29. The minimum Gasteiger partial charge on any atom is -0.357 e. The molecule has 1 rings (SSSR count). The number of rotatable bonds is 6. The summed E-state index contributed by atoms with van der Waals surface area (Å²) in [6, 6.07) is 6.15. The van der Waals surface area contributed by atoms with Crippen molar-refractivity contribution < 1.29 is 0 Å². The van der Waals surface area contributed by atoms with Gasteiger partial charge in [0.1, 0.15) is 5.82 Å². The molecule has 0 aromatic carbocycles. The molecule has 1 atom stereocenters. The van der Waals surface area contributed by atoms with E-state index in [1.807, 2.05) is 24.9 Å². The van der Waals surface area contributed by atoms with E-state index in [1.54, 1.807) is 12.3 Å². The third kappa shape index (κ3) is 4.27. The highest BCUT2D eigenvalue weighted by Gasteiger charge is 2.11. The van der Waals surface area contributed by atoms with Crippen molar-refractivity contribution in [3.8, 4) is 6.07 Å². The molecule has 0 amide bonds. The summed E-state index contributed by atoms with van der Waals surface area (Å²) in [6.45, 7) is 4.37. The number of thioether (sulfide) groups is 1. The first-order chi connectivity index (χ1) is 8.19. The van der Waals surface area contributed by atoms with Gasteiger partial charge in [0.25, 0.3) is 0 Å². The Hall–Kier alpha value is -1.21. The predicted octanol–water partition coefficient (Wildman–Crippen LogP) is 2.92. The van der Waals surface area contributed by atoms with Crippen LogP contribution in [0.15, 0.2) is 18.3 Å². The highest BCUT2D eigenvalue weighted by Crippen LogP contribution is 2.16. The zero-order valence-electron chi connectivity index (χ0n) is 10.7. The highest BCUT2D eigenvalue weighted by atomic mass is 32.2. The van der Waals surface area contributed by atoms with Gasteiger partial charge < -0.3 is 4.90 Å². The summed E-state index contributed by atoms with van der Waals surface area (Å²) >= 11 is 1.96. The van der Waals surface area contributed by atoms with Gasteiger partial charge in [-0.1, -0.05) is 6.92 Å². The monoisotopic (exact) mass is 249 g/mol. The van der Waals surface area contributed by atoms with E-state index in [0.29, 0.717) is 11.6 Å². The van der Waals surface area contributed by atoms with E-state index in [0.717, 1.165) is 12.2 Å². The van der Waals surface area contributed by atoms with E-state index in [9.17, 15) is 0 Å². The van der Waals surface area contributed by atoms with Crippen LogP contribution in [0.25, 0.3) is 0 Å². The smallest absolute Gasteiger partial charge is 0.129 e. The molecule has 0 spiro atoms. The summed E-state index contributed by atoms with van der Waals surface area (Å²) in [5.74, 6) is 3.21.